The maximum atomic E-state index is 2.36. The molecule has 10 heavy (non-hydrogen) atoms. The minimum Gasteiger partial charge on any atom is -0.0808 e. The second kappa shape index (κ2) is 1.75. The van der Waals surface area contributed by atoms with Crippen LogP contribution in [0.25, 0.3) is 0 Å². The third kappa shape index (κ3) is 0.681. The smallest absolute Gasteiger partial charge is 0.0116 e. The van der Waals surface area contributed by atoms with E-state index in [4.69, 9.17) is 0 Å². The molecule has 0 aliphatic heterocycles. The standard InChI is InChI=1S/C10H14/c1-10(2)7-8-5-3-4-6-9(8)10/h3-6,8-9H,7H2,1-2H3. The largest absolute Gasteiger partial charge is 0.0808 e. The highest BCUT2D eigenvalue weighted by atomic mass is 14.5. The third-order valence-electron chi connectivity index (χ3n) is 2.91. The van der Waals surface area contributed by atoms with Crippen LogP contribution in [0.2, 0.25) is 0 Å². The van der Waals surface area contributed by atoms with Crippen molar-refractivity contribution in [3.63, 3.8) is 0 Å². The SMILES string of the molecule is CC1(C)CC2C=CC=CC21. The van der Waals surface area contributed by atoms with Gasteiger partial charge in [0.15, 0.2) is 0 Å². The molecule has 2 aliphatic carbocycles. The Hall–Kier alpha value is -0.520. The summed E-state index contributed by atoms with van der Waals surface area (Å²) in [5.74, 6) is 1.69. The highest BCUT2D eigenvalue weighted by Gasteiger charge is 2.44. The first kappa shape index (κ1) is 6.21. The maximum Gasteiger partial charge on any atom is -0.0116 e. The minimum atomic E-state index is 0.575. The molecule has 2 rings (SSSR count). The topological polar surface area (TPSA) is 0 Å². The summed E-state index contributed by atoms with van der Waals surface area (Å²) in [7, 11) is 0. The Morgan fingerprint density at radius 3 is 2.40 bits per heavy atom. The number of rotatable bonds is 0. The van der Waals surface area contributed by atoms with Crippen LogP contribution < -0.4 is 0 Å². The summed E-state index contributed by atoms with van der Waals surface area (Å²) in [6.07, 6.45) is 10.4. The van der Waals surface area contributed by atoms with Gasteiger partial charge < -0.3 is 0 Å². The Morgan fingerprint density at radius 1 is 1.20 bits per heavy atom. The lowest BCUT2D eigenvalue weighted by Crippen LogP contribution is -2.42. The molecule has 1 fully saturated rings. The highest BCUT2D eigenvalue weighted by Crippen LogP contribution is 2.52. The van der Waals surface area contributed by atoms with Gasteiger partial charge in [-0.2, -0.15) is 0 Å². The van der Waals surface area contributed by atoms with Crippen molar-refractivity contribution in [3.8, 4) is 0 Å². The first-order chi connectivity index (χ1) is 4.70. The average molecular weight is 134 g/mol. The van der Waals surface area contributed by atoms with Crippen LogP contribution in [0.4, 0.5) is 0 Å². The van der Waals surface area contributed by atoms with Gasteiger partial charge in [-0.15, -0.1) is 0 Å². The summed E-state index contributed by atoms with van der Waals surface area (Å²) in [6.45, 7) is 4.72. The van der Waals surface area contributed by atoms with Crippen LogP contribution in [0.1, 0.15) is 20.3 Å². The minimum absolute atomic E-state index is 0.575. The van der Waals surface area contributed by atoms with Gasteiger partial charge in [0, 0.05) is 0 Å². The van der Waals surface area contributed by atoms with E-state index in [1.807, 2.05) is 0 Å². The van der Waals surface area contributed by atoms with Crippen molar-refractivity contribution >= 4 is 0 Å². The summed E-state index contributed by atoms with van der Waals surface area (Å²) in [4.78, 5) is 0. The van der Waals surface area contributed by atoms with Gasteiger partial charge in [0.1, 0.15) is 0 Å². The van der Waals surface area contributed by atoms with E-state index in [0.717, 1.165) is 11.8 Å². The molecule has 0 aromatic heterocycles. The van der Waals surface area contributed by atoms with Crippen LogP contribution in [0.3, 0.4) is 0 Å². The number of allylic oxidation sites excluding steroid dienone is 4. The van der Waals surface area contributed by atoms with Crippen LogP contribution in [0.5, 0.6) is 0 Å². The van der Waals surface area contributed by atoms with Crippen LogP contribution in [-0.4, -0.2) is 0 Å². The molecule has 2 atom stereocenters. The summed E-state index contributed by atoms with van der Waals surface area (Å²) in [6, 6.07) is 0. The summed E-state index contributed by atoms with van der Waals surface area (Å²) in [5.41, 5.74) is 0.575. The van der Waals surface area contributed by atoms with Crippen LogP contribution in [0.15, 0.2) is 24.3 Å². The number of hydrogen-bond acceptors (Lipinski definition) is 0. The Labute approximate surface area is 62.6 Å². The Kier molecular flexibility index (Phi) is 1.08. The normalized spacial score (nSPS) is 40.6. The van der Waals surface area contributed by atoms with Crippen LogP contribution in [-0.2, 0) is 0 Å². The Balaban J connectivity index is 2.19. The molecule has 0 saturated heterocycles. The van der Waals surface area contributed by atoms with Gasteiger partial charge in [0.25, 0.3) is 0 Å². The van der Waals surface area contributed by atoms with Gasteiger partial charge >= 0.3 is 0 Å². The predicted octanol–water partition coefficient (Wildman–Crippen LogP) is 2.77. The molecule has 0 radical (unpaired) electrons. The van der Waals surface area contributed by atoms with Gasteiger partial charge in [0.05, 0.1) is 0 Å². The van der Waals surface area contributed by atoms with Crippen LogP contribution in [0, 0.1) is 17.3 Å². The lowest BCUT2D eigenvalue weighted by Gasteiger charge is -2.50. The summed E-state index contributed by atoms with van der Waals surface area (Å²) >= 11 is 0. The molecule has 2 aliphatic rings. The predicted molar refractivity (Wildman–Crippen MR) is 43.7 cm³/mol. The lowest BCUT2D eigenvalue weighted by molar-refractivity contribution is 0.0553. The third-order valence-corrected chi connectivity index (χ3v) is 2.91. The van der Waals surface area contributed by atoms with Crippen molar-refractivity contribution in [3.05, 3.63) is 24.3 Å². The molecule has 0 heterocycles. The summed E-state index contributed by atoms with van der Waals surface area (Å²) in [5, 5.41) is 0. The molecule has 0 nitrogen and oxygen atoms in total. The van der Waals surface area contributed by atoms with Crippen molar-refractivity contribution in [2.24, 2.45) is 17.3 Å². The van der Waals surface area contributed by atoms with E-state index in [2.05, 4.69) is 38.2 Å². The zero-order valence-corrected chi connectivity index (χ0v) is 6.67. The Bertz CT molecular complexity index is 196. The molecule has 0 N–H and O–H groups in total. The molecule has 54 valence electrons. The molecule has 0 bridgehead atoms. The van der Waals surface area contributed by atoms with E-state index in [1.54, 1.807) is 0 Å². The molecule has 0 aromatic rings. The second-order valence-corrected chi connectivity index (χ2v) is 4.15. The molecule has 1 saturated carbocycles. The molecule has 0 heteroatoms. The fourth-order valence-electron chi connectivity index (χ4n) is 2.27. The van der Waals surface area contributed by atoms with E-state index in [-0.39, 0.29) is 0 Å². The first-order valence-electron chi connectivity index (χ1n) is 4.05. The maximum absolute atomic E-state index is 2.36. The average Bonchev–Trinajstić information content (AvgIpc) is 1.86. The van der Waals surface area contributed by atoms with Crippen molar-refractivity contribution in [1.82, 2.24) is 0 Å². The monoisotopic (exact) mass is 134 g/mol. The Morgan fingerprint density at radius 2 is 1.90 bits per heavy atom. The van der Waals surface area contributed by atoms with Gasteiger partial charge in [-0.3, -0.25) is 0 Å². The van der Waals surface area contributed by atoms with Crippen molar-refractivity contribution in [2.45, 2.75) is 20.3 Å². The zero-order chi connectivity index (χ0) is 7.19. The molecular weight excluding hydrogens is 120 g/mol. The van der Waals surface area contributed by atoms with E-state index in [0.29, 0.717) is 5.41 Å². The highest BCUT2D eigenvalue weighted by molar-refractivity contribution is 5.21. The second-order valence-electron chi connectivity index (χ2n) is 4.15. The number of hydrogen-bond donors (Lipinski definition) is 0. The lowest BCUT2D eigenvalue weighted by atomic mass is 9.54. The zero-order valence-electron chi connectivity index (χ0n) is 6.67. The van der Waals surface area contributed by atoms with Crippen molar-refractivity contribution < 1.29 is 0 Å². The van der Waals surface area contributed by atoms with Gasteiger partial charge in [0.2, 0.25) is 0 Å². The fourth-order valence-corrected chi connectivity index (χ4v) is 2.27. The van der Waals surface area contributed by atoms with E-state index in [9.17, 15) is 0 Å². The summed E-state index contributed by atoms with van der Waals surface area (Å²) < 4.78 is 0. The molecule has 0 spiro atoms. The first-order valence-corrected chi connectivity index (χ1v) is 4.05. The van der Waals surface area contributed by atoms with E-state index in [1.165, 1.54) is 6.42 Å². The quantitative estimate of drug-likeness (QED) is 0.478. The van der Waals surface area contributed by atoms with Crippen LogP contribution >= 0.6 is 0 Å². The van der Waals surface area contributed by atoms with Gasteiger partial charge in [-0.25, -0.2) is 0 Å². The van der Waals surface area contributed by atoms with Gasteiger partial charge in [-0.05, 0) is 23.7 Å². The molecular formula is C10H14. The van der Waals surface area contributed by atoms with E-state index >= 15 is 0 Å². The van der Waals surface area contributed by atoms with Gasteiger partial charge in [-0.1, -0.05) is 38.2 Å². The van der Waals surface area contributed by atoms with E-state index < -0.39 is 0 Å². The molecule has 0 aromatic carbocycles. The molecule has 0 amide bonds. The number of fused-ring (bicyclic) bond motifs is 1. The van der Waals surface area contributed by atoms with Crippen molar-refractivity contribution in [1.29, 1.82) is 0 Å². The molecule has 2 unspecified atom stereocenters. The van der Waals surface area contributed by atoms with Crippen molar-refractivity contribution in [2.75, 3.05) is 0 Å². The fraction of sp³-hybridized carbons (Fsp3) is 0.600.